The molecule has 1 aliphatic rings. The van der Waals surface area contributed by atoms with Crippen LogP contribution in [0.4, 0.5) is 0 Å². The summed E-state index contributed by atoms with van der Waals surface area (Å²) < 4.78 is 32.6. The Labute approximate surface area is 120 Å². The fourth-order valence-corrected chi connectivity index (χ4v) is 3.48. The van der Waals surface area contributed by atoms with Crippen LogP contribution in [0.2, 0.25) is 0 Å². The van der Waals surface area contributed by atoms with Crippen molar-refractivity contribution in [3.05, 3.63) is 23.8 Å². The maximum Gasteiger partial charge on any atom is 0.240 e. The molecule has 0 unspecified atom stereocenters. The molecule has 0 aliphatic carbocycles. The second-order valence-electron chi connectivity index (χ2n) is 5.30. The quantitative estimate of drug-likeness (QED) is 0.832. The van der Waals surface area contributed by atoms with Crippen LogP contribution in [-0.2, 0) is 16.4 Å². The van der Waals surface area contributed by atoms with Crippen molar-refractivity contribution in [1.82, 2.24) is 4.72 Å². The number of ether oxygens (including phenoxy) is 1. The third kappa shape index (κ3) is 3.50. The molecule has 0 amide bonds. The lowest BCUT2D eigenvalue weighted by molar-refractivity contribution is 0.254. The highest BCUT2D eigenvalue weighted by Crippen LogP contribution is 2.30. The van der Waals surface area contributed by atoms with E-state index in [9.17, 15) is 8.42 Å². The van der Waals surface area contributed by atoms with Crippen LogP contribution < -0.4 is 15.2 Å². The highest BCUT2D eigenvalue weighted by Gasteiger charge is 2.22. The Bertz CT molecular complexity index is 572. The van der Waals surface area contributed by atoms with E-state index in [-0.39, 0.29) is 23.6 Å². The van der Waals surface area contributed by atoms with E-state index in [1.54, 1.807) is 18.2 Å². The zero-order chi connectivity index (χ0) is 14.8. The van der Waals surface area contributed by atoms with Gasteiger partial charge in [-0.3, -0.25) is 0 Å². The SMILES string of the molecule is CCC[C@@H](N)CNS(=O)(=O)c1ccc2c(c1)C[C@H](C)O2. The van der Waals surface area contributed by atoms with Crippen molar-refractivity contribution in [1.29, 1.82) is 0 Å². The number of nitrogens with two attached hydrogens (primary N) is 1. The maximum atomic E-state index is 12.2. The smallest absolute Gasteiger partial charge is 0.240 e. The van der Waals surface area contributed by atoms with Crippen molar-refractivity contribution in [2.24, 2.45) is 5.73 Å². The van der Waals surface area contributed by atoms with Crippen LogP contribution >= 0.6 is 0 Å². The molecule has 1 aliphatic heterocycles. The summed E-state index contributed by atoms with van der Waals surface area (Å²) in [6, 6.07) is 4.84. The topological polar surface area (TPSA) is 81.4 Å². The molecule has 0 fully saturated rings. The van der Waals surface area contributed by atoms with E-state index in [1.807, 2.05) is 13.8 Å². The number of benzene rings is 1. The normalized spacial score (nSPS) is 19.4. The van der Waals surface area contributed by atoms with Gasteiger partial charge in [0.05, 0.1) is 4.90 Å². The molecule has 112 valence electrons. The van der Waals surface area contributed by atoms with E-state index in [0.717, 1.165) is 30.6 Å². The number of rotatable bonds is 6. The van der Waals surface area contributed by atoms with Crippen molar-refractivity contribution >= 4 is 10.0 Å². The van der Waals surface area contributed by atoms with E-state index >= 15 is 0 Å². The Hall–Kier alpha value is -1.11. The van der Waals surface area contributed by atoms with E-state index in [4.69, 9.17) is 10.5 Å². The number of fused-ring (bicyclic) bond motifs is 1. The molecule has 3 N–H and O–H groups in total. The maximum absolute atomic E-state index is 12.2. The highest BCUT2D eigenvalue weighted by atomic mass is 32.2. The molecule has 0 radical (unpaired) electrons. The van der Waals surface area contributed by atoms with Gasteiger partial charge in [-0.2, -0.15) is 0 Å². The van der Waals surface area contributed by atoms with E-state index in [0.29, 0.717) is 0 Å². The molecular formula is C14H22N2O3S. The monoisotopic (exact) mass is 298 g/mol. The van der Waals surface area contributed by atoms with Gasteiger partial charge in [0, 0.05) is 19.0 Å². The molecule has 5 nitrogen and oxygen atoms in total. The number of hydrogen-bond donors (Lipinski definition) is 2. The molecule has 0 spiro atoms. The molecule has 0 saturated carbocycles. The molecule has 0 aromatic heterocycles. The van der Waals surface area contributed by atoms with Gasteiger partial charge in [-0.1, -0.05) is 13.3 Å². The number of hydrogen-bond acceptors (Lipinski definition) is 4. The predicted molar refractivity (Wildman–Crippen MR) is 78.3 cm³/mol. The third-order valence-electron chi connectivity index (χ3n) is 3.37. The van der Waals surface area contributed by atoms with Crippen molar-refractivity contribution in [3.8, 4) is 5.75 Å². The second kappa shape index (κ2) is 6.11. The summed E-state index contributed by atoms with van der Waals surface area (Å²) in [6.07, 6.45) is 2.59. The Morgan fingerprint density at radius 2 is 2.25 bits per heavy atom. The van der Waals surface area contributed by atoms with Gasteiger partial charge in [0.1, 0.15) is 11.9 Å². The fourth-order valence-electron chi connectivity index (χ4n) is 2.34. The van der Waals surface area contributed by atoms with Crippen LogP contribution in [0.3, 0.4) is 0 Å². The molecule has 6 heteroatoms. The Morgan fingerprint density at radius 1 is 1.50 bits per heavy atom. The van der Waals surface area contributed by atoms with Crippen molar-refractivity contribution < 1.29 is 13.2 Å². The lowest BCUT2D eigenvalue weighted by Crippen LogP contribution is -2.37. The van der Waals surface area contributed by atoms with Crippen LogP contribution in [0.15, 0.2) is 23.1 Å². The van der Waals surface area contributed by atoms with Gasteiger partial charge in [-0.05, 0) is 37.1 Å². The first kappa shape index (κ1) is 15.3. The standard InChI is InChI=1S/C14H22N2O3S/c1-3-4-12(15)9-16-20(17,18)13-5-6-14-11(8-13)7-10(2)19-14/h5-6,8,10,12,16H,3-4,7,9,15H2,1-2H3/t10-,12+/m0/s1. The predicted octanol–water partition coefficient (Wildman–Crippen LogP) is 1.42. The zero-order valence-electron chi connectivity index (χ0n) is 11.9. The molecule has 2 atom stereocenters. The minimum Gasteiger partial charge on any atom is -0.490 e. The summed E-state index contributed by atoms with van der Waals surface area (Å²) in [4.78, 5) is 0.276. The minimum atomic E-state index is -3.50. The van der Waals surface area contributed by atoms with Crippen LogP contribution in [0.1, 0.15) is 32.3 Å². The first-order valence-corrected chi connectivity index (χ1v) is 8.45. The lowest BCUT2D eigenvalue weighted by atomic mass is 10.1. The molecule has 0 saturated heterocycles. The number of nitrogens with one attached hydrogen (secondary N) is 1. The summed E-state index contributed by atoms with van der Waals surface area (Å²) >= 11 is 0. The van der Waals surface area contributed by atoms with Crippen LogP contribution in [0.25, 0.3) is 0 Å². The second-order valence-corrected chi connectivity index (χ2v) is 7.07. The summed E-state index contributed by atoms with van der Waals surface area (Å²) in [5.74, 6) is 0.777. The fraction of sp³-hybridized carbons (Fsp3) is 0.571. The van der Waals surface area contributed by atoms with Gasteiger partial charge < -0.3 is 10.5 Å². The highest BCUT2D eigenvalue weighted by molar-refractivity contribution is 7.89. The van der Waals surface area contributed by atoms with Crippen LogP contribution in [0.5, 0.6) is 5.75 Å². The molecule has 20 heavy (non-hydrogen) atoms. The van der Waals surface area contributed by atoms with Gasteiger partial charge >= 0.3 is 0 Å². The average Bonchev–Trinajstić information content (AvgIpc) is 2.76. The van der Waals surface area contributed by atoms with E-state index in [2.05, 4.69) is 4.72 Å². The van der Waals surface area contributed by atoms with Crippen LogP contribution in [0, 0.1) is 0 Å². The van der Waals surface area contributed by atoms with Gasteiger partial charge in [0.25, 0.3) is 0 Å². The molecule has 1 aromatic carbocycles. The molecule has 1 aromatic rings. The molecule has 2 rings (SSSR count). The van der Waals surface area contributed by atoms with Gasteiger partial charge in [0.15, 0.2) is 0 Å². The van der Waals surface area contributed by atoms with Crippen molar-refractivity contribution in [2.45, 2.75) is 50.2 Å². The molecule has 0 bridgehead atoms. The lowest BCUT2D eigenvalue weighted by Gasteiger charge is -2.12. The molecular weight excluding hydrogens is 276 g/mol. The summed E-state index contributed by atoms with van der Waals surface area (Å²) in [5, 5.41) is 0. The molecule has 1 heterocycles. The van der Waals surface area contributed by atoms with Crippen molar-refractivity contribution in [2.75, 3.05) is 6.54 Å². The first-order chi connectivity index (χ1) is 9.42. The third-order valence-corrected chi connectivity index (χ3v) is 4.79. The zero-order valence-corrected chi connectivity index (χ0v) is 12.7. The summed E-state index contributed by atoms with van der Waals surface area (Å²) in [6.45, 7) is 4.26. The van der Waals surface area contributed by atoms with Gasteiger partial charge in [0.2, 0.25) is 10.0 Å². The van der Waals surface area contributed by atoms with Crippen LogP contribution in [-0.4, -0.2) is 27.1 Å². The van der Waals surface area contributed by atoms with Gasteiger partial charge in [-0.25, -0.2) is 13.1 Å². The van der Waals surface area contributed by atoms with E-state index < -0.39 is 10.0 Å². The Morgan fingerprint density at radius 3 is 2.95 bits per heavy atom. The summed E-state index contributed by atoms with van der Waals surface area (Å²) in [7, 11) is -3.50. The van der Waals surface area contributed by atoms with Gasteiger partial charge in [-0.15, -0.1) is 0 Å². The Balaban J connectivity index is 2.09. The Kier molecular flexibility index (Phi) is 4.67. The largest absolute Gasteiger partial charge is 0.490 e. The summed E-state index contributed by atoms with van der Waals surface area (Å²) in [5.41, 5.74) is 6.77. The van der Waals surface area contributed by atoms with Crippen molar-refractivity contribution in [3.63, 3.8) is 0 Å². The van der Waals surface area contributed by atoms with E-state index in [1.165, 1.54) is 0 Å². The first-order valence-electron chi connectivity index (χ1n) is 6.97. The average molecular weight is 298 g/mol. The minimum absolute atomic E-state index is 0.105. The number of sulfonamides is 1.